The van der Waals surface area contributed by atoms with E-state index in [0.717, 1.165) is 25.2 Å². The Morgan fingerprint density at radius 3 is 2.68 bits per heavy atom. The summed E-state index contributed by atoms with van der Waals surface area (Å²) in [6, 6.07) is 5.75. The lowest BCUT2D eigenvalue weighted by Gasteiger charge is -2.27. The Hall–Kier alpha value is -1.38. The number of pyridine rings is 1. The fraction of sp³-hybridized carbons (Fsp3) is 0.625. The summed E-state index contributed by atoms with van der Waals surface area (Å²) < 4.78 is 0. The maximum atomic E-state index is 12.4. The third-order valence-corrected chi connectivity index (χ3v) is 4.14. The van der Waals surface area contributed by atoms with Crippen LogP contribution in [0.3, 0.4) is 0 Å². The van der Waals surface area contributed by atoms with Gasteiger partial charge in [-0.3, -0.25) is 9.78 Å². The van der Waals surface area contributed by atoms with E-state index in [1.807, 2.05) is 23.1 Å². The second-order valence-corrected chi connectivity index (χ2v) is 5.67. The minimum absolute atomic E-state index is 0.222. The highest BCUT2D eigenvalue weighted by atomic mass is 16.2. The largest absolute Gasteiger partial charge is 0.342 e. The molecule has 1 aromatic heterocycles. The maximum Gasteiger partial charge on any atom is 0.228 e. The first-order valence-corrected chi connectivity index (χ1v) is 7.37. The van der Waals surface area contributed by atoms with Crippen molar-refractivity contribution < 1.29 is 4.79 Å². The van der Waals surface area contributed by atoms with Gasteiger partial charge in [0.15, 0.2) is 0 Å². The Labute approximate surface area is 116 Å². The lowest BCUT2D eigenvalue weighted by Crippen LogP contribution is -2.37. The van der Waals surface area contributed by atoms with Gasteiger partial charge in [-0.2, -0.15) is 0 Å². The third kappa shape index (κ3) is 3.79. The standard InChI is InChI=1S/C16H24N2O/c1-3-11-18(13-16(4-2)8-9-16)15(19)12-14-7-5-6-10-17-14/h5-7,10H,3-4,8-9,11-13H2,1-2H3. The first kappa shape index (κ1) is 14.0. The second-order valence-electron chi connectivity index (χ2n) is 5.67. The number of nitrogens with zero attached hydrogens (tertiary/aromatic N) is 2. The molecule has 1 aliphatic rings. The zero-order chi connectivity index (χ0) is 13.7. The molecule has 1 aromatic rings. The number of carbonyl (C=O) groups excluding carboxylic acids is 1. The highest BCUT2D eigenvalue weighted by Gasteiger charge is 2.42. The number of hydrogen-bond donors (Lipinski definition) is 0. The van der Waals surface area contributed by atoms with Gasteiger partial charge in [0.05, 0.1) is 6.42 Å². The Morgan fingerprint density at radius 1 is 1.37 bits per heavy atom. The van der Waals surface area contributed by atoms with Crippen molar-refractivity contribution in [2.75, 3.05) is 13.1 Å². The molecule has 2 rings (SSSR count). The fourth-order valence-electron chi connectivity index (χ4n) is 2.54. The van der Waals surface area contributed by atoms with Crippen molar-refractivity contribution in [2.24, 2.45) is 5.41 Å². The van der Waals surface area contributed by atoms with Gasteiger partial charge >= 0.3 is 0 Å². The maximum absolute atomic E-state index is 12.4. The summed E-state index contributed by atoms with van der Waals surface area (Å²) in [5, 5.41) is 0. The van der Waals surface area contributed by atoms with E-state index in [9.17, 15) is 4.79 Å². The van der Waals surface area contributed by atoms with E-state index in [2.05, 4.69) is 18.8 Å². The van der Waals surface area contributed by atoms with Crippen molar-refractivity contribution in [2.45, 2.75) is 46.0 Å². The van der Waals surface area contributed by atoms with Gasteiger partial charge in [-0.15, -0.1) is 0 Å². The summed E-state index contributed by atoms with van der Waals surface area (Å²) in [5.74, 6) is 0.222. The average molecular weight is 260 g/mol. The lowest BCUT2D eigenvalue weighted by molar-refractivity contribution is -0.131. The summed E-state index contributed by atoms with van der Waals surface area (Å²) in [6.07, 6.45) is 6.95. The van der Waals surface area contributed by atoms with Crippen LogP contribution in [0.4, 0.5) is 0 Å². The van der Waals surface area contributed by atoms with Crippen LogP contribution in [0.2, 0.25) is 0 Å². The molecule has 0 radical (unpaired) electrons. The molecule has 0 bridgehead atoms. The Bertz CT molecular complexity index is 412. The average Bonchev–Trinajstić information content (AvgIpc) is 3.20. The number of aromatic nitrogens is 1. The van der Waals surface area contributed by atoms with Crippen molar-refractivity contribution in [1.29, 1.82) is 0 Å². The molecule has 1 heterocycles. The molecule has 1 aliphatic carbocycles. The molecule has 19 heavy (non-hydrogen) atoms. The SMILES string of the molecule is CCCN(CC1(CC)CC1)C(=O)Cc1ccccn1. The van der Waals surface area contributed by atoms with Crippen molar-refractivity contribution in [3.05, 3.63) is 30.1 Å². The van der Waals surface area contributed by atoms with Crippen LogP contribution in [0.15, 0.2) is 24.4 Å². The molecule has 1 fully saturated rings. The number of carbonyl (C=O) groups is 1. The topological polar surface area (TPSA) is 33.2 Å². The van der Waals surface area contributed by atoms with Crippen molar-refractivity contribution in [3.8, 4) is 0 Å². The highest BCUT2D eigenvalue weighted by molar-refractivity contribution is 5.78. The van der Waals surface area contributed by atoms with Gasteiger partial charge in [-0.25, -0.2) is 0 Å². The Morgan fingerprint density at radius 2 is 2.16 bits per heavy atom. The number of amides is 1. The molecular weight excluding hydrogens is 236 g/mol. The first-order chi connectivity index (χ1) is 9.19. The number of rotatable bonds is 7. The minimum atomic E-state index is 0.222. The van der Waals surface area contributed by atoms with E-state index in [1.165, 1.54) is 19.3 Å². The molecule has 0 N–H and O–H groups in total. The van der Waals surface area contributed by atoms with Crippen molar-refractivity contribution in [3.63, 3.8) is 0 Å². The predicted molar refractivity (Wildman–Crippen MR) is 76.8 cm³/mol. The molecule has 1 saturated carbocycles. The van der Waals surface area contributed by atoms with E-state index < -0.39 is 0 Å². The van der Waals surface area contributed by atoms with E-state index in [4.69, 9.17) is 0 Å². The molecule has 0 atom stereocenters. The zero-order valence-corrected chi connectivity index (χ0v) is 12.1. The summed E-state index contributed by atoms with van der Waals surface area (Å²) >= 11 is 0. The molecule has 0 saturated heterocycles. The second kappa shape index (κ2) is 6.18. The third-order valence-electron chi connectivity index (χ3n) is 4.14. The predicted octanol–water partition coefficient (Wildman–Crippen LogP) is 3.05. The Balaban J connectivity index is 1.96. The van der Waals surface area contributed by atoms with Crippen LogP contribution >= 0.6 is 0 Å². The van der Waals surface area contributed by atoms with Gasteiger partial charge in [-0.1, -0.05) is 19.9 Å². The van der Waals surface area contributed by atoms with Gasteiger partial charge in [-0.05, 0) is 43.2 Å². The smallest absolute Gasteiger partial charge is 0.228 e. The van der Waals surface area contributed by atoms with E-state index in [-0.39, 0.29) is 5.91 Å². The molecule has 104 valence electrons. The Kier molecular flexibility index (Phi) is 4.56. The zero-order valence-electron chi connectivity index (χ0n) is 12.1. The first-order valence-electron chi connectivity index (χ1n) is 7.37. The van der Waals surface area contributed by atoms with Crippen LogP contribution in [-0.2, 0) is 11.2 Å². The van der Waals surface area contributed by atoms with Crippen molar-refractivity contribution in [1.82, 2.24) is 9.88 Å². The van der Waals surface area contributed by atoms with Crippen LogP contribution in [0.1, 0.15) is 45.2 Å². The molecular formula is C16H24N2O. The minimum Gasteiger partial charge on any atom is -0.342 e. The van der Waals surface area contributed by atoms with Crippen LogP contribution in [0, 0.1) is 5.41 Å². The molecule has 1 amide bonds. The molecule has 0 aliphatic heterocycles. The van der Waals surface area contributed by atoms with Crippen molar-refractivity contribution >= 4 is 5.91 Å². The van der Waals surface area contributed by atoms with Crippen LogP contribution in [0.25, 0.3) is 0 Å². The summed E-state index contributed by atoms with van der Waals surface area (Å²) in [5.41, 5.74) is 1.30. The van der Waals surface area contributed by atoms with Gasteiger partial charge in [0.1, 0.15) is 0 Å². The summed E-state index contributed by atoms with van der Waals surface area (Å²) in [4.78, 5) is 18.7. The normalized spacial score (nSPS) is 16.1. The fourth-order valence-corrected chi connectivity index (χ4v) is 2.54. The van der Waals surface area contributed by atoms with Gasteiger partial charge in [0.2, 0.25) is 5.91 Å². The monoisotopic (exact) mass is 260 g/mol. The van der Waals surface area contributed by atoms with E-state index in [1.54, 1.807) is 6.20 Å². The van der Waals surface area contributed by atoms with E-state index in [0.29, 0.717) is 11.8 Å². The number of hydrogen-bond acceptors (Lipinski definition) is 2. The summed E-state index contributed by atoms with van der Waals surface area (Å²) in [7, 11) is 0. The van der Waals surface area contributed by atoms with Crippen LogP contribution in [-0.4, -0.2) is 28.9 Å². The van der Waals surface area contributed by atoms with E-state index >= 15 is 0 Å². The quantitative estimate of drug-likeness (QED) is 0.755. The van der Waals surface area contributed by atoms with Gasteiger partial charge in [0, 0.05) is 25.0 Å². The summed E-state index contributed by atoms with van der Waals surface area (Å²) in [6.45, 7) is 6.17. The molecule has 0 unspecified atom stereocenters. The molecule has 0 aromatic carbocycles. The lowest BCUT2D eigenvalue weighted by atomic mass is 10.0. The van der Waals surface area contributed by atoms with Gasteiger partial charge < -0.3 is 4.90 Å². The highest BCUT2D eigenvalue weighted by Crippen LogP contribution is 2.49. The molecule has 3 heteroatoms. The van der Waals surface area contributed by atoms with Crippen LogP contribution in [0.5, 0.6) is 0 Å². The van der Waals surface area contributed by atoms with Gasteiger partial charge in [0.25, 0.3) is 0 Å². The molecule has 3 nitrogen and oxygen atoms in total. The molecule has 0 spiro atoms. The van der Waals surface area contributed by atoms with Crippen LogP contribution < -0.4 is 0 Å².